The molecule has 0 bridgehead atoms. The highest BCUT2D eigenvalue weighted by Crippen LogP contribution is 2.22. The standard InChI is InChI=1S/C19H21N3/c1-15-7-9-17(10-8-15)19-13-18(11-12-20)21-22(19)14-16-5-3-2-4-6-16/h2-10,13H,11-12,14,20H2,1H3. The van der Waals surface area contributed by atoms with Gasteiger partial charge in [-0.05, 0) is 30.7 Å². The number of aromatic nitrogens is 2. The predicted molar refractivity (Wildman–Crippen MR) is 90.7 cm³/mol. The molecule has 0 unspecified atom stereocenters. The van der Waals surface area contributed by atoms with Crippen molar-refractivity contribution in [3.63, 3.8) is 0 Å². The number of nitrogens with two attached hydrogens (primary N) is 1. The van der Waals surface area contributed by atoms with Gasteiger partial charge in [-0.3, -0.25) is 4.68 Å². The SMILES string of the molecule is Cc1ccc(-c2cc(CCN)nn2Cc2ccccc2)cc1. The van der Waals surface area contributed by atoms with E-state index in [1.165, 1.54) is 16.7 Å². The number of nitrogens with zero attached hydrogens (tertiary/aromatic N) is 2. The molecule has 22 heavy (non-hydrogen) atoms. The van der Waals surface area contributed by atoms with E-state index in [1.807, 2.05) is 6.07 Å². The van der Waals surface area contributed by atoms with Crippen molar-refractivity contribution in [2.24, 2.45) is 5.73 Å². The van der Waals surface area contributed by atoms with Gasteiger partial charge in [0.05, 0.1) is 17.9 Å². The van der Waals surface area contributed by atoms with Crippen LogP contribution in [0.5, 0.6) is 0 Å². The number of rotatable bonds is 5. The lowest BCUT2D eigenvalue weighted by atomic mass is 10.1. The van der Waals surface area contributed by atoms with Crippen molar-refractivity contribution in [3.8, 4) is 11.3 Å². The van der Waals surface area contributed by atoms with Gasteiger partial charge < -0.3 is 5.73 Å². The molecular formula is C19H21N3. The fourth-order valence-corrected chi connectivity index (χ4v) is 2.57. The molecule has 0 aliphatic carbocycles. The third-order valence-corrected chi connectivity index (χ3v) is 3.75. The molecule has 3 aromatic rings. The van der Waals surface area contributed by atoms with E-state index in [0.717, 1.165) is 24.4 Å². The average molecular weight is 291 g/mol. The summed E-state index contributed by atoms with van der Waals surface area (Å²) in [5.41, 5.74) is 11.6. The lowest BCUT2D eigenvalue weighted by molar-refractivity contribution is 0.677. The molecule has 2 N–H and O–H groups in total. The van der Waals surface area contributed by atoms with Gasteiger partial charge >= 0.3 is 0 Å². The summed E-state index contributed by atoms with van der Waals surface area (Å²) in [7, 11) is 0. The Bertz CT molecular complexity index is 727. The minimum Gasteiger partial charge on any atom is -0.330 e. The van der Waals surface area contributed by atoms with Crippen LogP contribution in [0, 0.1) is 6.92 Å². The van der Waals surface area contributed by atoms with E-state index >= 15 is 0 Å². The molecule has 0 fully saturated rings. The van der Waals surface area contributed by atoms with E-state index in [0.29, 0.717) is 6.54 Å². The summed E-state index contributed by atoms with van der Waals surface area (Å²) in [6.45, 7) is 3.50. The number of hydrogen-bond donors (Lipinski definition) is 1. The number of benzene rings is 2. The second-order valence-corrected chi connectivity index (χ2v) is 5.57. The van der Waals surface area contributed by atoms with Crippen LogP contribution in [0.2, 0.25) is 0 Å². The topological polar surface area (TPSA) is 43.8 Å². The van der Waals surface area contributed by atoms with Crippen LogP contribution in [-0.2, 0) is 13.0 Å². The maximum absolute atomic E-state index is 5.68. The number of hydrogen-bond acceptors (Lipinski definition) is 2. The van der Waals surface area contributed by atoms with E-state index in [1.54, 1.807) is 0 Å². The van der Waals surface area contributed by atoms with E-state index in [2.05, 4.69) is 66.2 Å². The second-order valence-electron chi connectivity index (χ2n) is 5.57. The Labute approximate surface area is 131 Å². The molecule has 0 saturated heterocycles. The lowest BCUT2D eigenvalue weighted by Crippen LogP contribution is -2.06. The molecule has 1 heterocycles. The van der Waals surface area contributed by atoms with Crippen LogP contribution < -0.4 is 5.73 Å². The zero-order valence-electron chi connectivity index (χ0n) is 12.9. The molecule has 0 aliphatic rings. The molecule has 0 amide bonds. The first kappa shape index (κ1) is 14.5. The fourth-order valence-electron chi connectivity index (χ4n) is 2.57. The van der Waals surface area contributed by atoms with Crippen molar-refractivity contribution in [1.29, 1.82) is 0 Å². The van der Waals surface area contributed by atoms with E-state index in [9.17, 15) is 0 Å². The van der Waals surface area contributed by atoms with Crippen LogP contribution in [0.3, 0.4) is 0 Å². The molecule has 0 aliphatic heterocycles. The highest BCUT2D eigenvalue weighted by Gasteiger charge is 2.10. The normalized spacial score (nSPS) is 10.8. The average Bonchev–Trinajstić information content (AvgIpc) is 2.92. The Morgan fingerprint density at radius 3 is 2.41 bits per heavy atom. The van der Waals surface area contributed by atoms with Crippen LogP contribution in [0.4, 0.5) is 0 Å². The van der Waals surface area contributed by atoms with Gasteiger partial charge in [0.15, 0.2) is 0 Å². The minimum atomic E-state index is 0.621. The largest absolute Gasteiger partial charge is 0.330 e. The first-order chi connectivity index (χ1) is 10.8. The summed E-state index contributed by atoms with van der Waals surface area (Å²) < 4.78 is 2.07. The van der Waals surface area contributed by atoms with Crippen LogP contribution in [0.1, 0.15) is 16.8 Å². The molecule has 3 rings (SSSR count). The van der Waals surface area contributed by atoms with Crippen molar-refractivity contribution in [2.45, 2.75) is 19.9 Å². The molecule has 0 saturated carbocycles. The first-order valence-electron chi connectivity index (χ1n) is 7.64. The monoisotopic (exact) mass is 291 g/mol. The second kappa shape index (κ2) is 6.58. The predicted octanol–water partition coefficient (Wildman–Crippen LogP) is 3.41. The van der Waals surface area contributed by atoms with Gasteiger partial charge in [-0.15, -0.1) is 0 Å². The maximum Gasteiger partial charge on any atom is 0.0689 e. The third-order valence-electron chi connectivity index (χ3n) is 3.75. The van der Waals surface area contributed by atoms with Crippen molar-refractivity contribution < 1.29 is 0 Å². The minimum absolute atomic E-state index is 0.621. The van der Waals surface area contributed by atoms with Gasteiger partial charge in [-0.2, -0.15) is 5.10 Å². The summed E-state index contributed by atoms with van der Waals surface area (Å²) in [5.74, 6) is 0. The number of aryl methyl sites for hydroxylation is 1. The molecule has 0 atom stereocenters. The third kappa shape index (κ3) is 3.26. The zero-order chi connectivity index (χ0) is 15.4. The molecule has 1 aromatic heterocycles. The summed E-state index contributed by atoms with van der Waals surface area (Å²) in [5, 5.41) is 4.73. The van der Waals surface area contributed by atoms with Crippen LogP contribution in [0.25, 0.3) is 11.3 Å². The molecule has 112 valence electrons. The van der Waals surface area contributed by atoms with Crippen molar-refractivity contribution in [1.82, 2.24) is 9.78 Å². The molecule has 2 aromatic carbocycles. The van der Waals surface area contributed by atoms with Gasteiger partial charge in [-0.25, -0.2) is 0 Å². The van der Waals surface area contributed by atoms with E-state index < -0.39 is 0 Å². The summed E-state index contributed by atoms with van der Waals surface area (Å²) in [4.78, 5) is 0. The Kier molecular flexibility index (Phi) is 4.35. The molecule has 0 radical (unpaired) electrons. The van der Waals surface area contributed by atoms with Crippen molar-refractivity contribution in [2.75, 3.05) is 6.54 Å². The zero-order valence-corrected chi connectivity index (χ0v) is 12.9. The van der Waals surface area contributed by atoms with Crippen LogP contribution in [-0.4, -0.2) is 16.3 Å². The highest BCUT2D eigenvalue weighted by molar-refractivity contribution is 5.60. The van der Waals surface area contributed by atoms with Gasteiger partial charge in [0.1, 0.15) is 0 Å². The van der Waals surface area contributed by atoms with Gasteiger partial charge in [0.2, 0.25) is 0 Å². The summed E-state index contributed by atoms with van der Waals surface area (Å²) >= 11 is 0. The van der Waals surface area contributed by atoms with Gasteiger partial charge in [0, 0.05) is 6.42 Å². The Hall–Kier alpha value is -2.39. The smallest absolute Gasteiger partial charge is 0.0689 e. The Balaban J connectivity index is 1.98. The molecule has 0 spiro atoms. The first-order valence-corrected chi connectivity index (χ1v) is 7.64. The summed E-state index contributed by atoms with van der Waals surface area (Å²) in [6, 6.07) is 21.1. The van der Waals surface area contributed by atoms with Crippen molar-refractivity contribution in [3.05, 3.63) is 77.5 Å². The lowest BCUT2D eigenvalue weighted by Gasteiger charge is -2.08. The van der Waals surface area contributed by atoms with Crippen LogP contribution >= 0.6 is 0 Å². The van der Waals surface area contributed by atoms with E-state index in [4.69, 9.17) is 10.8 Å². The quantitative estimate of drug-likeness (QED) is 0.783. The Morgan fingerprint density at radius 2 is 1.73 bits per heavy atom. The molecule has 3 heteroatoms. The molecular weight excluding hydrogens is 270 g/mol. The highest BCUT2D eigenvalue weighted by atomic mass is 15.3. The molecule has 3 nitrogen and oxygen atoms in total. The van der Waals surface area contributed by atoms with Crippen LogP contribution in [0.15, 0.2) is 60.7 Å². The maximum atomic E-state index is 5.68. The van der Waals surface area contributed by atoms with Crippen molar-refractivity contribution >= 4 is 0 Å². The Morgan fingerprint density at radius 1 is 1.00 bits per heavy atom. The van der Waals surface area contributed by atoms with Gasteiger partial charge in [-0.1, -0.05) is 60.2 Å². The fraction of sp³-hybridized carbons (Fsp3) is 0.211. The summed E-state index contributed by atoms with van der Waals surface area (Å²) in [6.07, 6.45) is 0.806. The van der Waals surface area contributed by atoms with E-state index in [-0.39, 0.29) is 0 Å². The van der Waals surface area contributed by atoms with Gasteiger partial charge in [0.25, 0.3) is 0 Å².